The zero-order chi connectivity index (χ0) is 13.9. The largest absolute Gasteiger partial charge is 0.485 e. The fraction of sp³-hybridized carbons (Fsp3) is 0.500. The second-order valence-electron chi connectivity index (χ2n) is 5.98. The zero-order valence-corrected chi connectivity index (χ0v) is 12.1. The van der Waals surface area contributed by atoms with Crippen LogP contribution in [0.2, 0.25) is 0 Å². The van der Waals surface area contributed by atoms with Crippen molar-refractivity contribution in [1.82, 2.24) is 4.90 Å². The molecule has 1 aliphatic rings. The van der Waals surface area contributed by atoms with Crippen molar-refractivity contribution >= 4 is 5.69 Å². The summed E-state index contributed by atoms with van der Waals surface area (Å²) in [7, 11) is 0. The predicted molar refractivity (Wildman–Crippen MR) is 80.9 cm³/mol. The summed E-state index contributed by atoms with van der Waals surface area (Å²) >= 11 is 0. The van der Waals surface area contributed by atoms with E-state index in [0.29, 0.717) is 0 Å². The molecule has 1 aliphatic heterocycles. The molecule has 2 rings (SSSR count). The molecule has 1 unspecified atom stereocenters. The van der Waals surface area contributed by atoms with E-state index in [1.165, 1.54) is 0 Å². The Bertz CT molecular complexity index is 437. The van der Waals surface area contributed by atoms with Crippen LogP contribution < -0.4 is 10.1 Å². The molecule has 0 bridgehead atoms. The molecule has 0 amide bonds. The standard InChI is InChI=1S/C16H24N2O/c1-5-10-18(16(2,3)4)12-13-11-17-14-8-6-7-9-15(14)19-13/h5-9,13,17H,1,10-12H2,2-4H3. The Labute approximate surface area is 116 Å². The maximum Gasteiger partial charge on any atom is 0.142 e. The van der Waals surface area contributed by atoms with Crippen LogP contribution in [0.5, 0.6) is 5.75 Å². The molecule has 0 fully saturated rings. The van der Waals surface area contributed by atoms with Gasteiger partial charge in [-0.1, -0.05) is 18.2 Å². The number of para-hydroxylation sites is 2. The van der Waals surface area contributed by atoms with Crippen molar-refractivity contribution in [3.8, 4) is 5.75 Å². The van der Waals surface area contributed by atoms with Gasteiger partial charge in [0.25, 0.3) is 0 Å². The Morgan fingerprint density at radius 2 is 2.16 bits per heavy atom. The van der Waals surface area contributed by atoms with E-state index < -0.39 is 0 Å². The smallest absolute Gasteiger partial charge is 0.142 e. The van der Waals surface area contributed by atoms with Crippen molar-refractivity contribution in [3.63, 3.8) is 0 Å². The Morgan fingerprint density at radius 3 is 2.84 bits per heavy atom. The summed E-state index contributed by atoms with van der Waals surface area (Å²) in [6.45, 7) is 13.1. The molecule has 0 saturated heterocycles. The molecule has 0 saturated carbocycles. The van der Waals surface area contributed by atoms with E-state index in [1.807, 2.05) is 24.3 Å². The molecule has 19 heavy (non-hydrogen) atoms. The summed E-state index contributed by atoms with van der Waals surface area (Å²) in [4.78, 5) is 2.39. The maximum absolute atomic E-state index is 6.07. The van der Waals surface area contributed by atoms with Gasteiger partial charge in [-0.05, 0) is 32.9 Å². The van der Waals surface area contributed by atoms with E-state index >= 15 is 0 Å². The highest BCUT2D eigenvalue weighted by molar-refractivity contribution is 5.57. The fourth-order valence-corrected chi connectivity index (χ4v) is 2.29. The third-order valence-electron chi connectivity index (χ3n) is 3.42. The normalized spacial score (nSPS) is 18.4. The summed E-state index contributed by atoms with van der Waals surface area (Å²) < 4.78 is 6.07. The van der Waals surface area contributed by atoms with E-state index in [0.717, 1.165) is 31.1 Å². The van der Waals surface area contributed by atoms with Gasteiger partial charge in [-0.3, -0.25) is 4.90 Å². The van der Waals surface area contributed by atoms with Gasteiger partial charge < -0.3 is 10.1 Å². The third-order valence-corrected chi connectivity index (χ3v) is 3.42. The third kappa shape index (κ3) is 3.51. The number of benzene rings is 1. The van der Waals surface area contributed by atoms with Crippen LogP contribution in [0.4, 0.5) is 5.69 Å². The summed E-state index contributed by atoms with van der Waals surface area (Å²) in [6.07, 6.45) is 2.13. The zero-order valence-electron chi connectivity index (χ0n) is 12.1. The van der Waals surface area contributed by atoms with Crippen LogP contribution in [-0.2, 0) is 0 Å². The van der Waals surface area contributed by atoms with Crippen molar-refractivity contribution in [2.75, 3.05) is 25.0 Å². The number of nitrogens with one attached hydrogen (secondary N) is 1. The predicted octanol–water partition coefficient (Wildman–Crippen LogP) is 3.15. The second-order valence-corrected chi connectivity index (χ2v) is 5.98. The first-order chi connectivity index (χ1) is 9.00. The van der Waals surface area contributed by atoms with Crippen LogP contribution >= 0.6 is 0 Å². The van der Waals surface area contributed by atoms with Gasteiger partial charge in [-0.2, -0.15) is 0 Å². The van der Waals surface area contributed by atoms with Crippen LogP contribution in [0.25, 0.3) is 0 Å². The molecule has 104 valence electrons. The van der Waals surface area contributed by atoms with Crippen LogP contribution in [0.3, 0.4) is 0 Å². The number of hydrogen-bond donors (Lipinski definition) is 1. The molecular weight excluding hydrogens is 236 g/mol. The number of anilines is 1. The monoisotopic (exact) mass is 260 g/mol. The highest BCUT2D eigenvalue weighted by Gasteiger charge is 2.26. The lowest BCUT2D eigenvalue weighted by Crippen LogP contribution is -2.49. The number of hydrogen-bond acceptors (Lipinski definition) is 3. The molecule has 1 aromatic rings. The summed E-state index contributed by atoms with van der Waals surface area (Å²) in [5, 5.41) is 3.43. The van der Waals surface area contributed by atoms with Crippen LogP contribution in [0.15, 0.2) is 36.9 Å². The fourth-order valence-electron chi connectivity index (χ4n) is 2.29. The quantitative estimate of drug-likeness (QED) is 0.842. The number of nitrogens with zero attached hydrogens (tertiary/aromatic N) is 1. The van der Waals surface area contributed by atoms with Gasteiger partial charge in [0.05, 0.1) is 12.2 Å². The first-order valence-corrected chi connectivity index (χ1v) is 6.86. The summed E-state index contributed by atoms with van der Waals surface area (Å²) in [5.74, 6) is 0.950. The molecule has 0 aromatic heterocycles. The van der Waals surface area contributed by atoms with Crippen LogP contribution in [0, 0.1) is 0 Å². The van der Waals surface area contributed by atoms with Gasteiger partial charge in [0.15, 0.2) is 0 Å². The van der Waals surface area contributed by atoms with E-state index in [9.17, 15) is 0 Å². The van der Waals surface area contributed by atoms with Crippen molar-refractivity contribution in [3.05, 3.63) is 36.9 Å². The molecule has 3 heteroatoms. The minimum Gasteiger partial charge on any atom is -0.485 e. The Kier molecular flexibility index (Phi) is 4.15. The van der Waals surface area contributed by atoms with Gasteiger partial charge in [0.2, 0.25) is 0 Å². The van der Waals surface area contributed by atoms with E-state index in [2.05, 4.69) is 43.6 Å². The first kappa shape index (κ1) is 13.9. The molecular formula is C16H24N2O. The van der Waals surface area contributed by atoms with Gasteiger partial charge in [-0.15, -0.1) is 6.58 Å². The first-order valence-electron chi connectivity index (χ1n) is 6.86. The van der Waals surface area contributed by atoms with Crippen molar-refractivity contribution in [2.24, 2.45) is 0 Å². The SMILES string of the molecule is C=CCN(CC1CNc2ccccc2O1)C(C)(C)C. The van der Waals surface area contributed by atoms with E-state index in [4.69, 9.17) is 4.74 Å². The Hall–Kier alpha value is -1.48. The average molecular weight is 260 g/mol. The van der Waals surface area contributed by atoms with Crippen molar-refractivity contribution in [1.29, 1.82) is 0 Å². The molecule has 1 heterocycles. The number of rotatable bonds is 4. The lowest BCUT2D eigenvalue weighted by Gasteiger charge is -2.38. The number of fused-ring (bicyclic) bond motifs is 1. The van der Waals surface area contributed by atoms with Gasteiger partial charge >= 0.3 is 0 Å². The average Bonchev–Trinajstić information content (AvgIpc) is 2.37. The topological polar surface area (TPSA) is 24.5 Å². The second kappa shape index (κ2) is 5.66. The molecule has 1 aromatic carbocycles. The van der Waals surface area contributed by atoms with Gasteiger partial charge in [0.1, 0.15) is 11.9 Å². The number of ether oxygens (including phenoxy) is 1. The minimum absolute atomic E-state index is 0.120. The highest BCUT2D eigenvalue weighted by atomic mass is 16.5. The van der Waals surface area contributed by atoms with E-state index in [1.54, 1.807) is 0 Å². The Morgan fingerprint density at radius 1 is 1.42 bits per heavy atom. The molecule has 3 nitrogen and oxygen atoms in total. The van der Waals surface area contributed by atoms with Crippen LogP contribution in [-0.4, -0.2) is 36.2 Å². The lowest BCUT2D eigenvalue weighted by molar-refractivity contribution is 0.0838. The summed E-state index contributed by atoms with van der Waals surface area (Å²) in [6, 6.07) is 8.10. The molecule has 0 aliphatic carbocycles. The lowest BCUT2D eigenvalue weighted by atomic mass is 10.0. The van der Waals surface area contributed by atoms with Crippen molar-refractivity contribution in [2.45, 2.75) is 32.4 Å². The van der Waals surface area contributed by atoms with Gasteiger partial charge in [0, 0.05) is 18.6 Å². The molecule has 0 spiro atoms. The van der Waals surface area contributed by atoms with Gasteiger partial charge in [-0.25, -0.2) is 0 Å². The molecule has 0 radical (unpaired) electrons. The Balaban J connectivity index is 2.02. The van der Waals surface area contributed by atoms with Crippen molar-refractivity contribution < 1.29 is 4.74 Å². The van der Waals surface area contributed by atoms with Crippen LogP contribution in [0.1, 0.15) is 20.8 Å². The molecule has 1 N–H and O–H groups in total. The van der Waals surface area contributed by atoms with E-state index in [-0.39, 0.29) is 11.6 Å². The molecule has 1 atom stereocenters. The minimum atomic E-state index is 0.120. The maximum atomic E-state index is 6.07. The summed E-state index contributed by atoms with van der Waals surface area (Å²) in [5.41, 5.74) is 1.21. The highest BCUT2D eigenvalue weighted by Crippen LogP contribution is 2.29.